The molecule has 0 spiro atoms. The highest BCUT2D eigenvalue weighted by atomic mass is 32.2. The number of nitrogens with one attached hydrogen (secondary N) is 1. The molecule has 2 heterocycles. The molecule has 0 aliphatic rings. The van der Waals surface area contributed by atoms with E-state index in [1.165, 1.54) is 11.1 Å². The minimum absolute atomic E-state index is 0.0882. The summed E-state index contributed by atoms with van der Waals surface area (Å²) in [7, 11) is 3.99. The SMILES string of the molecule is Cc1cccc(Cn2c3ccccc3c3nnc(SCCCC(=O)NCCN(C)C)nc32)c1. The van der Waals surface area contributed by atoms with E-state index in [2.05, 4.69) is 68.3 Å². The van der Waals surface area contributed by atoms with Crippen molar-refractivity contribution in [2.24, 2.45) is 0 Å². The fraction of sp³-hybridized carbons (Fsp3) is 0.360. The number of fused-ring (bicyclic) bond motifs is 3. The third kappa shape index (κ3) is 5.89. The number of aromatic nitrogens is 4. The molecule has 1 amide bonds. The molecule has 7 nitrogen and oxygen atoms in total. The van der Waals surface area contributed by atoms with E-state index in [1.54, 1.807) is 11.8 Å². The molecular weight excluding hydrogens is 432 g/mol. The molecule has 172 valence electrons. The van der Waals surface area contributed by atoms with E-state index in [1.807, 2.05) is 26.2 Å². The average Bonchev–Trinajstić information content (AvgIpc) is 3.10. The Bertz CT molecular complexity index is 1250. The van der Waals surface area contributed by atoms with E-state index in [9.17, 15) is 4.79 Å². The topological polar surface area (TPSA) is 75.9 Å². The first-order valence-electron chi connectivity index (χ1n) is 11.2. The summed E-state index contributed by atoms with van der Waals surface area (Å²) < 4.78 is 2.22. The number of rotatable bonds is 10. The highest BCUT2D eigenvalue weighted by Gasteiger charge is 2.15. The molecule has 0 saturated carbocycles. The second-order valence-electron chi connectivity index (χ2n) is 8.46. The van der Waals surface area contributed by atoms with Crippen LogP contribution < -0.4 is 5.32 Å². The number of hydrogen-bond acceptors (Lipinski definition) is 6. The first-order chi connectivity index (χ1) is 16.0. The Hall–Kier alpha value is -2.97. The first kappa shape index (κ1) is 23.2. The van der Waals surface area contributed by atoms with Crippen molar-refractivity contribution in [1.29, 1.82) is 0 Å². The Kier molecular flexibility index (Phi) is 7.57. The maximum absolute atomic E-state index is 12.0. The molecule has 4 rings (SSSR count). The minimum atomic E-state index is 0.0882. The number of amides is 1. The molecule has 2 aromatic carbocycles. The van der Waals surface area contributed by atoms with Gasteiger partial charge in [0.15, 0.2) is 5.65 Å². The molecule has 4 aromatic rings. The van der Waals surface area contributed by atoms with Crippen LogP contribution in [0.3, 0.4) is 0 Å². The van der Waals surface area contributed by atoms with E-state index in [0.717, 1.165) is 47.3 Å². The van der Waals surface area contributed by atoms with Crippen molar-refractivity contribution in [3.63, 3.8) is 0 Å². The van der Waals surface area contributed by atoms with Gasteiger partial charge in [0.1, 0.15) is 5.52 Å². The zero-order chi connectivity index (χ0) is 23.2. The van der Waals surface area contributed by atoms with Crippen LogP contribution in [0.25, 0.3) is 22.1 Å². The molecule has 8 heteroatoms. The molecule has 0 radical (unpaired) electrons. The van der Waals surface area contributed by atoms with Crippen LogP contribution in [0.4, 0.5) is 0 Å². The number of likely N-dealkylation sites (N-methyl/N-ethyl adjacent to an activating group) is 1. The largest absolute Gasteiger partial charge is 0.355 e. The smallest absolute Gasteiger partial charge is 0.220 e. The number of para-hydroxylation sites is 1. The summed E-state index contributed by atoms with van der Waals surface area (Å²) in [5.41, 5.74) is 5.24. The van der Waals surface area contributed by atoms with E-state index in [0.29, 0.717) is 18.1 Å². The van der Waals surface area contributed by atoms with Crippen LogP contribution in [0.1, 0.15) is 24.0 Å². The summed E-state index contributed by atoms with van der Waals surface area (Å²) >= 11 is 1.55. The summed E-state index contributed by atoms with van der Waals surface area (Å²) in [5, 5.41) is 13.5. The molecule has 0 unspecified atom stereocenters. The molecule has 0 aliphatic heterocycles. The average molecular weight is 463 g/mol. The highest BCUT2D eigenvalue weighted by Crippen LogP contribution is 2.28. The fourth-order valence-electron chi connectivity index (χ4n) is 3.81. The summed E-state index contributed by atoms with van der Waals surface area (Å²) in [4.78, 5) is 18.9. The molecule has 0 bridgehead atoms. The van der Waals surface area contributed by atoms with Gasteiger partial charge in [-0.1, -0.05) is 59.8 Å². The van der Waals surface area contributed by atoms with Gasteiger partial charge in [0, 0.05) is 37.2 Å². The molecule has 0 saturated heterocycles. The fourth-order valence-corrected chi connectivity index (χ4v) is 4.53. The van der Waals surface area contributed by atoms with E-state index in [-0.39, 0.29) is 5.91 Å². The van der Waals surface area contributed by atoms with E-state index >= 15 is 0 Å². The molecule has 0 atom stereocenters. The van der Waals surface area contributed by atoms with E-state index < -0.39 is 0 Å². The number of hydrogen-bond donors (Lipinski definition) is 1. The Morgan fingerprint density at radius 1 is 1.12 bits per heavy atom. The molecule has 0 aliphatic carbocycles. The third-order valence-corrected chi connectivity index (χ3v) is 6.36. The van der Waals surface area contributed by atoms with Crippen LogP contribution in [-0.4, -0.2) is 63.5 Å². The van der Waals surface area contributed by atoms with Crippen molar-refractivity contribution < 1.29 is 4.79 Å². The van der Waals surface area contributed by atoms with Gasteiger partial charge < -0.3 is 14.8 Å². The van der Waals surface area contributed by atoms with Gasteiger partial charge in [-0.25, -0.2) is 4.98 Å². The number of carbonyl (C=O) groups is 1. The van der Waals surface area contributed by atoms with Gasteiger partial charge in [-0.3, -0.25) is 4.79 Å². The zero-order valence-corrected chi connectivity index (χ0v) is 20.2. The van der Waals surface area contributed by atoms with Crippen LogP contribution in [0.5, 0.6) is 0 Å². The minimum Gasteiger partial charge on any atom is -0.355 e. The molecule has 0 fully saturated rings. The number of aryl methyl sites for hydroxylation is 1. The van der Waals surface area contributed by atoms with Crippen molar-refractivity contribution in [3.8, 4) is 0 Å². The predicted molar refractivity (Wildman–Crippen MR) is 135 cm³/mol. The van der Waals surface area contributed by atoms with Gasteiger partial charge in [-0.2, -0.15) is 0 Å². The standard InChI is InChI=1S/C25H30N6OS/c1-18-8-6-9-19(16-18)17-31-21-11-5-4-10-20(21)23-24(31)27-25(29-28-23)33-15-7-12-22(32)26-13-14-30(2)3/h4-6,8-11,16H,7,12-15,17H2,1-3H3,(H,26,32). The van der Waals surface area contributed by atoms with Crippen molar-refractivity contribution >= 4 is 39.7 Å². The molecular formula is C25H30N6OS. The quantitative estimate of drug-likeness (QED) is 0.285. The Balaban J connectivity index is 1.47. The van der Waals surface area contributed by atoms with Gasteiger partial charge in [0.05, 0.1) is 5.52 Å². The summed E-state index contributed by atoms with van der Waals surface area (Å²) in [6.45, 7) is 4.35. The number of thioether (sulfide) groups is 1. The Morgan fingerprint density at radius 3 is 2.79 bits per heavy atom. The normalized spacial score (nSPS) is 11.5. The van der Waals surface area contributed by atoms with E-state index in [4.69, 9.17) is 4.98 Å². The van der Waals surface area contributed by atoms with Crippen molar-refractivity contribution in [2.75, 3.05) is 32.9 Å². The van der Waals surface area contributed by atoms with Gasteiger partial charge in [0.25, 0.3) is 0 Å². The molecule has 33 heavy (non-hydrogen) atoms. The van der Waals surface area contributed by atoms with Crippen LogP contribution in [0, 0.1) is 6.92 Å². The second kappa shape index (κ2) is 10.8. The number of benzene rings is 2. The lowest BCUT2D eigenvalue weighted by atomic mass is 10.1. The molecule has 1 N–H and O–H groups in total. The van der Waals surface area contributed by atoms with Crippen molar-refractivity contribution in [2.45, 2.75) is 31.5 Å². The monoisotopic (exact) mass is 462 g/mol. The lowest BCUT2D eigenvalue weighted by Crippen LogP contribution is -2.31. The van der Waals surface area contributed by atoms with Gasteiger partial charge in [-0.05, 0) is 39.1 Å². The third-order valence-electron chi connectivity index (χ3n) is 5.44. The maximum Gasteiger partial charge on any atom is 0.220 e. The lowest BCUT2D eigenvalue weighted by Gasteiger charge is -2.10. The second-order valence-corrected chi connectivity index (χ2v) is 9.53. The zero-order valence-electron chi connectivity index (χ0n) is 19.4. The lowest BCUT2D eigenvalue weighted by molar-refractivity contribution is -0.121. The Morgan fingerprint density at radius 2 is 1.97 bits per heavy atom. The van der Waals surface area contributed by atoms with Crippen LogP contribution in [-0.2, 0) is 11.3 Å². The van der Waals surface area contributed by atoms with Gasteiger partial charge in [-0.15, -0.1) is 10.2 Å². The van der Waals surface area contributed by atoms with Gasteiger partial charge in [0.2, 0.25) is 11.1 Å². The van der Waals surface area contributed by atoms with Crippen LogP contribution >= 0.6 is 11.8 Å². The maximum atomic E-state index is 12.0. The van der Waals surface area contributed by atoms with Crippen molar-refractivity contribution in [1.82, 2.24) is 30.0 Å². The molecule has 2 aromatic heterocycles. The number of carbonyl (C=O) groups excluding carboxylic acids is 1. The first-order valence-corrected chi connectivity index (χ1v) is 12.2. The van der Waals surface area contributed by atoms with Crippen LogP contribution in [0.2, 0.25) is 0 Å². The predicted octanol–water partition coefficient (Wildman–Crippen LogP) is 3.89. The highest BCUT2D eigenvalue weighted by molar-refractivity contribution is 7.99. The summed E-state index contributed by atoms with van der Waals surface area (Å²) in [6.07, 6.45) is 1.27. The van der Waals surface area contributed by atoms with Crippen molar-refractivity contribution in [3.05, 3.63) is 59.7 Å². The summed E-state index contributed by atoms with van der Waals surface area (Å²) in [5.74, 6) is 0.858. The summed E-state index contributed by atoms with van der Waals surface area (Å²) in [6, 6.07) is 16.8. The van der Waals surface area contributed by atoms with Crippen LogP contribution in [0.15, 0.2) is 53.7 Å². The van der Waals surface area contributed by atoms with Gasteiger partial charge >= 0.3 is 0 Å². The Labute approximate surface area is 198 Å². The number of nitrogens with zero attached hydrogens (tertiary/aromatic N) is 5.